The Hall–Kier alpha value is -1.06. The van der Waals surface area contributed by atoms with Gasteiger partial charge in [-0.3, -0.25) is 9.59 Å². The Morgan fingerprint density at radius 3 is 2.31 bits per heavy atom. The molecule has 2 rings (SSSR count). The zero-order chi connectivity index (χ0) is 11.9. The van der Waals surface area contributed by atoms with E-state index in [-0.39, 0.29) is 23.7 Å². The van der Waals surface area contributed by atoms with Crippen LogP contribution in [0.5, 0.6) is 0 Å². The van der Waals surface area contributed by atoms with Gasteiger partial charge in [-0.25, -0.2) is 0 Å². The molecule has 4 nitrogen and oxygen atoms in total. The second kappa shape index (κ2) is 3.75. The van der Waals surface area contributed by atoms with Crippen molar-refractivity contribution in [2.45, 2.75) is 45.6 Å². The number of hydrogen-bond donors (Lipinski definition) is 1. The molecule has 1 atom stereocenters. The molecule has 0 aliphatic heterocycles. The lowest BCUT2D eigenvalue weighted by atomic mass is 10.1. The quantitative estimate of drug-likeness (QED) is 0.771. The molecule has 0 aromatic rings. The Balaban J connectivity index is 1.92. The van der Waals surface area contributed by atoms with Gasteiger partial charge in [0.05, 0.1) is 6.42 Å². The number of nitrogens with zero attached hydrogens (tertiary/aromatic N) is 1. The molecule has 2 saturated carbocycles. The van der Waals surface area contributed by atoms with Gasteiger partial charge in [0.15, 0.2) is 0 Å². The van der Waals surface area contributed by atoms with E-state index in [4.69, 9.17) is 5.11 Å². The molecule has 1 N–H and O–H groups in total. The van der Waals surface area contributed by atoms with Crippen LogP contribution in [0.1, 0.15) is 39.5 Å². The van der Waals surface area contributed by atoms with E-state index in [9.17, 15) is 9.59 Å². The van der Waals surface area contributed by atoms with Gasteiger partial charge < -0.3 is 10.0 Å². The summed E-state index contributed by atoms with van der Waals surface area (Å²) < 4.78 is 0. The molecular formula is C12H19NO3. The third-order valence-electron chi connectivity index (χ3n) is 3.65. The standard InChI is InChI=1S/C12H19NO3/c1-12(2)7-9(12)11(16)13(8-3-4-8)6-5-10(14)15/h8-9H,3-7H2,1-2H3,(H,14,15). The number of amides is 1. The molecule has 90 valence electrons. The summed E-state index contributed by atoms with van der Waals surface area (Å²) >= 11 is 0. The zero-order valence-corrected chi connectivity index (χ0v) is 9.90. The lowest BCUT2D eigenvalue weighted by molar-refractivity contribution is -0.139. The van der Waals surface area contributed by atoms with E-state index in [1.807, 2.05) is 0 Å². The van der Waals surface area contributed by atoms with E-state index in [1.165, 1.54) is 0 Å². The Kier molecular flexibility index (Phi) is 2.68. The largest absolute Gasteiger partial charge is 0.481 e. The van der Waals surface area contributed by atoms with Crippen molar-refractivity contribution in [1.29, 1.82) is 0 Å². The van der Waals surface area contributed by atoms with Crippen LogP contribution in [-0.2, 0) is 9.59 Å². The fourth-order valence-corrected chi connectivity index (χ4v) is 2.16. The van der Waals surface area contributed by atoms with Crippen LogP contribution in [0.15, 0.2) is 0 Å². The highest BCUT2D eigenvalue weighted by Gasteiger charge is 2.53. The predicted molar refractivity (Wildman–Crippen MR) is 58.9 cm³/mol. The topological polar surface area (TPSA) is 57.6 Å². The molecule has 1 amide bonds. The third kappa shape index (κ3) is 2.36. The van der Waals surface area contributed by atoms with Crippen LogP contribution in [0.25, 0.3) is 0 Å². The van der Waals surface area contributed by atoms with Gasteiger partial charge in [-0.15, -0.1) is 0 Å². The summed E-state index contributed by atoms with van der Waals surface area (Å²) in [6.07, 6.45) is 3.09. The van der Waals surface area contributed by atoms with Crippen molar-refractivity contribution in [1.82, 2.24) is 4.90 Å². The molecule has 0 aromatic carbocycles. The Labute approximate surface area is 95.6 Å². The van der Waals surface area contributed by atoms with E-state index in [0.717, 1.165) is 19.3 Å². The van der Waals surface area contributed by atoms with Gasteiger partial charge in [-0.1, -0.05) is 13.8 Å². The van der Waals surface area contributed by atoms with Gasteiger partial charge in [-0.2, -0.15) is 0 Å². The first-order valence-corrected chi connectivity index (χ1v) is 5.94. The van der Waals surface area contributed by atoms with Crippen LogP contribution in [0, 0.1) is 11.3 Å². The van der Waals surface area contributed by atoms with E-state index in [1.54, 1.807) is 4.90 Å². The Bertz CT molecular complexity index is 320. The summed E-state index contributed by atoms with van der Waals surface area (Å²) in [7, 11) is 0. The highest BCUT2D eigenvalue weighted by molar-refractivity contribution is 5.83. The molecule has 0 spiro atoms. The zero-order valence-electron chi connectivity index (χ0n) is 9.90. The van der Waals surface area contributed by atoms with Crippen LogP contribution in [0.4, 0.5) is 0 Å². The highest BCUT2D eigenvalue weighted by Crippen LogP contribution is 2.53. The average Bonchev–Trinajstić information content (AvgIpc) is 3.03. The van der Waals surface area contributed by atoms with Gasteiger partial charge in [-0.05, 0) is 24.7 Å². The molecule has 16 heavy (non-hydrogen) atoms. The van der Waals surface area contributed by atoms with E-state index >= 15 is 0 Å². The van der Waals surface area contributed by atoms with E-state index in [0.29, 0.717) is 12.6 Å². The minimum absolute atomic E-state index is 0.0649. The maximum atomic E-state index is 12.1. The number of carbonyl (C=O) groups is 2. The Morgan fingerprint density at radius 1 is 1.38 bits per heavy atom. The summed E-state index contributed by atoms with van der Waals surface area (Å²) in [5.74, 6) is -0.524. The van der Waals surface area contributed by atoms with Crippen molar-refractivity contribution in [3.05, 3.63) is 0 Å². The maximum absolute atomic E-state index is 12.1. The van der Waals surface area contributed by atoms with Crippen molar-refractivity contribution in [3.63, 3.8) is 0 Å². The van der Waals surface area contributed by atoms with Crippen LogP contribution >= 0.6 is 0 Å². The number of carbonyl (C=O) groups excluding carboxylic acids is 1. The van der Waals surface area contributed by atoms with Crippen molar-refractivity contribution < 1.29 is 14.7 Å². The summed E-state index contributed by atoms with van der Waals surface area (Å²) in [6, 6.07) is 0.322. The predicted octanol–water partition coefficient (Wildman–Crippen LogP) is 1.50. The van der Waals surface area contributed by atoms with Gasteiger partial charge in [0.25, 0.3) is 0 Å². The summed E-state index contributed by atoms with van der Waals surface area (Å²) in [5, 5.41) is 8.67. The van der Waals surface area contributed by atoms with Gasteiger partial charge in [0.1, 0.15) is 0 Å². The monoisotopic (exact) mass is 225 g/mol. The summed E-state index contributed by atoms with van der Waals surface area (Å²) in [4.78, 5) is 24.5. The average molecular weight is 225 g/mol. The van der Waals surface area contributed by atoms with Crippen molar-refractivity contribution in [2.24, 2.45) is 11.3 Å². The SMILES string of the molecule is CC1(C)CC1C(=O)N(CCC(=O)O)C1CC1. The molecule has 0 radical (unpaired) electrons. The highest BCUT2D eigenvalue weighted by atomic mass is 16.4. The van der Waals surface area contributed by atoms with Gasteiger partial charge in [0.2, 0.25) is 5.91 Å². The fraction of sp³-hybridized carbons (Fsp3) is 0.833. The van der Waals surface area contributed by atoms with Crippen molar-refractivity contribution in [3.8, 4) is 0 Å². The first kappa shape index (κ1) is 11.4. The second-order valence-electron chi connectivity index (χ2n) is 5.65. The third-order valence-corrected chi connectivity index (χ3v) is 3.65. The number of carboxylic acids is 1. The first-order valence-electron chi connectivity index (χ1n) is 5.94. The molecule has 0 aromatic heterocycles. The molecule has 2 aliphatic carbocycles. The number of hydrogen-bond acceptors (Lipinski definition) is 2. The van der Waals surface area contributed by atoms with Crippen LogP contribution in [0.2, 0.25) is 0 Å². The molecule has 1 unspecified atom stereocenters. The molecule has 0 saturated heterocycles. The summed E-state index contributed by atoms with van der Waals surface area (Å²) in [5.41, 5.74) is 0.132. The molecular weight excluding hydrogens is 206 g/mol. The van der Waals surface area contributed by atoms with Crippen LogP contribution < -0.4 is 0 Å². The minimum Gasteiger partial charge on any atom is -0.481 e. The molecule has 0 heterocycles. The smallest absolute Gasteiger partial charge is 0.305 e. The number of rotatable bonds is 5. The molecule has 2 fully saturated rings. The van der Waals surface area contributed by atoms with Crippen molar-refractivity contribution >= 4 is 11.9 Å². The van der Waals surface area contributed by atoms with Crippen LogP contribution in [0.3, 0.4) is 0 Å². The Morgan fingerprint density at radius 2 is 1.94 bits per heavy atom. The van der Waals surface area contributed by atoms with E-state index < -0.39 is 5.97 Å². The maximum Gasteiger partial charge on any atom is 0.305 e. The second-order valence-corrected chi connectivity index (χ2v) is 5.65. The summed E-state index contributed by atoms with van der Waals surface area (Å²) in [6.45, 7) is 4.57. The van der Waals surface area contributed by atoms with Crippen molar-refractivity contribution in [2.75, 3.05) is 6.54 Å². The normalized spacial score (nSPS) is 26.2. The lowest BCUT2D eigenvalue weighted by Crippen LogP contribution is -2.36. The minimum atomic E-state index is -0.825. The molecule has 4 heteroatoms. The van der Waals surface area contributed by atoms with Gasteiger partial charge >= 0.3 is 5.97 Å². The van der Waals surface area contributed by atoms with E-state index in [2.05, 4.69) is 13.8 Å². The van der Waals surface area contributed by atoms with Gasteiger partial charge in [0, 0.05) is 18.5 Å². The fourth-order valence-electron chi connectivity index (χ4n) is 2.16. The first-order chi connectivity index (χ1) is 7.42. The molecule has 0 bridgehead atoms. The van der Waals surface area contributed by atoms with Crippen LogP contribution in [-0.4, -0.2) is 34.5 Å². The molecule has 2 aliphatic rings. The number of carboxylic acid groups (broad SMARTS) is 1. The number of aliphatic carboxylic acids is 1. The lowest BCUT2D eigenvalue weighted by Gasteiger charge is -2.22.